The van der Waals surface area contributed by atoms with Gasteiger partial charge in [-0.2, -0.15) is 0 Å². The lowest BCUT2D eigenvalue weighted by Crippen LogP contribution is -2.35. The van der Waals surface area contributed by atoms with E-state index in [9.17, 15) is 4.79 Å². The SMILES string of the molecule is CCC[C@H](N)C(=O)Nc1ccc(CO)cc1. The van der Waals surface area contributed by atoms with E-state index >= 15 is 0 Å². The molecule has 0 radical (unpaired) electrons. The zero-order valence-electron chi connectivity index (χ0n) is 9.44. The quantitative estimate of drug-likeness (QED) is 0.701. The molecule has 0 spiro atoms. The highest BCUT2D eigenvalue weighted by molar-refractivity contribution is 5.94. The molecule has 0 aromatic heterocycles. The lowest BCUT2D eigenvalue weighted by atomic mass is 10.1. The van der Waals surface area contributed by atoms with Crippen molar-refractivity contribution in [2.75, 3.05) is 5.32 Å². The molecular formula is C12H18N2O2. The van der Waals surface area contributed by atoms with Crippen LogP contribution in [0.1, 0.15) is 25.3 Å². The summed E-state index contributed by atoms with van der Waals surface area (Å²) in [5, 5.41) is 11.6. The van der Waals surface area contributed by atoms with E-state index in [0.717, 1.165) is 12.0 Å². The molecule has 0 aliphatic rings. The van der Waals surface area contributed by atoms with Gasteiger partial charge in [0.2, 0.25) is 5.91 Å². The largest absolute Gasteiger partial charge is 0.392 e. The average molecular weight is 222 g/mol. The van der Waals surface area contributed by atoms with Crippen LogP contribution in [0.25, 0.3) is 0 Å². The fraction of sp³-hybridized carbons (Fsp3) is 0.417. The Hall–Kier alpha value is -1.39. The van der Waals surface area contributed by atoms with E-state index in [4.69, 9.17) is 10.8 Å². The van der Waals surface area contributed by atoms with Gasteiger partial charge in [-0.25, -0.2) is 0 Å². The predicted octanol–water partition coefficient (Wildman–Crippen LogP) is 1.24. The molecule has 4 nitrogen and oxygen atoms in total. The van der Waals surface area contributed by atoms with Crippen LogP contribution in [-0.2, 0) is 11.4 Å². The van der Waals surface area contributed by atoms with Crippen LogP contribution in [0.2, 0.25) is 0 Å². The van der Waals surface area contributed by atoms with Gasteiger partial charge >= 0.3 is 0 Å². The van der Waals surface area contributed by atoms with Crippen LogP contribution in [0, 0.1) is 0 Å². The van der Waals surface area contributed by atoms with E-state index < -0.39 is 6.04 Å². The van der Waals surface area contributed by atoms with E-state index in [1.165, 1.54) is 0 Å². The molecule has 0 aliphatic carbocycles. The third-order valence-corrected chi connectivity index (χ3v) is 2.34. The molecule has 88 valence electrons. The van der Waals surface area contributed by atoms with E-state index in [0.29, 0.717) is 12.1 Å². The molecule has 1 rings (SSSR count). The summed E-state index contributed by atoms with van der Waals surface area (Å²) in [5.41, 5.74) is 7.20. The molecule has 0 saturated heterocycles. The van der Waals surface area contributed by atoms with Gasteiger partial charge in [-0.05, 0) is 24.1 Å². The van der Waals surface area contributed by atoms with Gasteiger partial charge in [-0.1, -0.05) is 25.5 Å². The van der Waals surface area contributed by atoms with Crippen LogP contribution in [0.4, 0.5) is 5.69 Å². The Bertz CT molecular complexity index is 335. The van der Waals surface area contributed by atoms with Crippen LogP contribution in [-0.4, -0.2) is 17.1 Å². The number of amides is 1. The number of nitrogens with two attached hydrogens (primary N) is 1. The van der Waals surface area contributed by atoms with Gasteiger partial charge in [0, 0.05) is 5.69 Å². The maximum Gasteiger partial charge on any atom is 0.241 e. The molecular weight excluding hydrogens is 204 g/mol. The zero-order chi connectivity index (χ0) is 12.0. The van der Waals surface area contributed by atoms with Crippen LogP contribution in [0.3, 0.4) is 0 Å². The Kier molecular flexibility index (Phi) is 4.95. The minimum absolute atomic E-state index is 0.00355. The second-order valence-electron chi connectivity index (χ2n) is 3.74. The van der Waals surface area contributed by atoms with E-state index in [-0.39, 0.29) is 12.5 Å². The van der Waals surface area contributed by atoms with Gasteiger partial charge in [0.1, 0.15) is 0 Å². The number of benzene rings is 1. The smallest absolute Gasteiger partial charge is 0.241 e. The molecule has 0 saturated carbocycles. The number of aliphatic hydroxyl groups excluding tert-OH is 1. The second-order valence-corrected chi connectivity index (χ2v) is 3.74. The Labute approximate surface area is 95.5 Å². The summed E-state index contributed by atoms with van der Waals surface area (Å²) in [6.45, 7) is 1.99. The Morgan fingerprint density at radius 1 is 1.44 bits per heavy atom. The van der Waals surface area contributed by atoms with Crippen molar-refractivity contribution < 1.29 is 9.90 Å². The first-order valence-electron chi connectivity index (χ1n) is 5.43. The molecule has 1 atom stereocenters. The molecule has 16 heavy (non-hydrogen) atoms. The molecule has 4 N–H and O–H groups in total. The van der Waals surface area contributed by atoms with E-state index in [2.05, 4.69) is 5.32 Å². The first kappa shape index (κ1) is 12.7. The van der Waals surface area contributed by atoms with Crippen molar-refractivity contribution in [3.05, 3.63) is 29.8 Å². The molecule has 1 aromatic rings. The van der Waals surface area contributed by atoms with Crippen molar-refractivity contribution in [3.63, 3.8) is 0 Å². The normalized spacial score (nSPS) is 12.2. The maximum absolute atomic E-state index is 11.6. The lowest BCUT2D eigenvalue weighted by Gasteiger charge is -2.11. The number of rotatable bonds is 5. The number of nitrogens with one attached hydrogen (secondary N) is 1. The maximum atomic E-state index is 11.6. The van der Waals surface area contributed by atoms with Gasteiger partial charge in [0.05, 0.1) is 12.6 Å². The Balaban J connectivity index is 2.55. The minimum atomic E-state index is -0.456. The highest BCUT2D eigenvalue weighted by Crippen LogP contribution is 2.10. The van der Waals surface area contributed by atoms with Crippen molar-refractivity contribution in [2.24, 2.45) is 5.73 Å². The van der Waals surface area contributed by atoms with Crippen molar-refractivity contribution in [2.45, 2.75) is 32.4 Å². The van der Waals surface area contributed by atoms with Gasteiger partial charge in [0.15, 0.2) is 0 Å². The number of aliphatic hydroxyl groups is 1. The Morgan fingerprint density at radius 2 is 2.06 bits per heavy atom. The molecule has 1 aromatic carbocycles. The molecule has 0 bridgehead atoms. The number of hydrogen-bond donors (Lipinski definition) is 3. The van der Waals surface area contributed by atoms with E-state index in [1.54, 1.807) is 24.3 Å². The number of hydrogen-bond acceptors (Lipinski definition) is 3. The standard InChI is InChI=1S/C12H18N2O2/c1-2-3-11(13)12(16)14-10-6-4-9(8-15)5-7-10/h4-7,11,15H,2-3,8,13H2,1H3,(H,14,16)/t11-/m0/s1. The van der Waals surface area contributed by atoms with Crippen LogP contribution < -0.4 is 11.1 Å². The van der Waals surface area contributed by atoms with Crippen LogP contribution in [0.15, 0.2) is 24.3 Å². The van der Waals surface area contributed by atoms with Crippen molar-refractivity contribution in [3.8, 4) is 0 Å². The predicted molar refractivity (Wildman–Crippen MR) is 63.9 cm³/mol. The first-order valence-corrected chi connectivity index (χ1v) is 5.43. The fourth-order valence-electron chi connectivity index (χ4n) is 1.37. The molecule has 4 heteroatoms. The molecule has 0 fully saturated rings. The summed E-state index contributed by atoms with van der Waals surface area (Å²) in [5.74, 6) is -0.168. The number of carbonyl (C=O) groups is 1. The summed E-state index contributed by atoms with van der Waals surface area (Å²) >= 11 is 0. The lowest BCUT2D eigenvalue weighted by molar-refractivity contribution is -0.117. The topological polar surface area (TPSA) is 75.4 Å². The summed E-state index contributed by atoms with van der Waals surface area (Å²) in [6.07, 6.45) is 1.57. The van der Waals surface area contributed by atoms with Gasteiger partial charge < -0.3 is 16.2 Å². The molecule has 0 heterocycles. The molecule has 0 unspecified atom stereocenters. The van der Waals surface area contributed by atoms with Crippen LogP contribution >= 0.6 is 0 Å². The van der Waals surface area contributed by atoms with Crippen molar-refractivity contribution in [1.82, 2.24) is 0 Å². The highest BCUT2D eigenvalue weighted by atomic mass is 16.3. The highest BCUT2D eigenvalue weighted by Gasteiger charge is 2.11. The van der Waals surface area contributed by atoms with Crippen molar-refractivity contribution >= 4 is 11.6 Å². The van der Waals surface area contributed by atoms with Gasteiger partial charge in [0.25, 0.3) is 0 Å². The zero-order valence-corrected chi connectivity index (χ0v) is 9.44. The summed E-state index contributed by atoms with van der Waals surface area (Å²) in [6, 6.07) is 6.58. The summed E-state index contributed by atoms with van der Waals surface area (Å²) in [4.78, 5) is 11.6. The minimum Gasteiger partial charge on any atom is -0.392 e. The molecule has 0 aliphatic heterocycles. The second kappa shape index (κ2) is 6.25. The third-order valence-electron chi connectivity index (χ3n) is 2.34. The van der Waals surface area contributed by atoms with Gasteiger partial charge in [-0.15, -0.1) is 0 Å². The monoisotopic (exact) mass is 222 g/mol. The first-order chi connectivity index (χ1) is 7.67. The summed E-state index contributed by atoms with van der Waals surface area (Å²) in [7, 11) is 0. The molecule has 1 amide bonds. The average Bonchev–Trinajstić information content (AvgIpc) is 2.30. The van der Waals surface area contributed by atoms with E-state index in [1.807, 2.05) is 6.92 Å². The number of anilines is 1. The number of carbonyl (C=O) groups excluding carboxylic acids is 1. The van der Waals surface area contributed by atoms with Crippen LogP contribution in [0.5, 0.6) is 0 Å². The fourth-order valence-corrected chi connectivity index (χ4v) is 1.37. The van der Waals surface area contributed by atoms with Gasteiger partial charge in [-0.3, -0.25) is 4.79 Å². The third kappa shape index (κ3) is 3.64. The van der Waals surface area contributed by atoms with Crippen molar-refractivity contribution in [1.29, 1.82) is 0 Å². The Morgan fingerprint density at radius 3 is 2.56 bits per heavy atom. The summed E-state index contributed by atoms with van der Waals surface area (Å²) < 4.78 is 0.